The Labute approximate surface area is 103 Å². The number of alkyl halides is 1. The highest BCUT2D eigenvalue weighted by Crippen LogP contribution is 1.97. The molecule has 0 aliphatic heterocycles. The van der Waals surface area contributed by atoms with Crippen LogP contribution in [0.4, 0.5) is 0 Å². The van der Waals surface area contributed by atoms with Crippen LogP contribution in [0.25, 0.3) is 0 Å². The van der Waals surface area contributed by atoms with Crippen LogP contribution in [0, 0.1) is 0 Å². The average Bonchev–Trinajstić information content (AvgIpc) is 2.29. The van der Waals surface area contributed by atoms with Crippen molar-refractivity contribution in [2.45, 2.75) is 6.42 Å². The third-order valence-corrected chi connectivity index (χ3v) is 2.60. The van der Waals surface area contributed by atoms with E-state index in [4.69, 9.17) is 10.0 Å². The number of hydrogen-bond acceptors (Lipinski definition) is 3. The number of hydrogen-bond donors (Lipinski definition) is 3. The van der Waals surface area contributed by atoms with Gasteiger partial charge >= 0.3 is 7.12 Å². The van der Waals surface area contributed by atoms with Crippen molar-refractivity contribution in [2.75, 3.05) is 11.9 Å². The molecule has 86 valence electrons. The van der Waals surface area contributed by atoms with Crippen molar-refractivity contribution in [3.8, 4) is 0 Å². The minimum absolute atomic E-state index is 0.205. The van der Waals surface area contributed by atoms with Crippen LogP contribution in [0.2, 0.25) is 0 Å². The fourth-order valence-corrected chi connectivity index (χ4v) is 1.49. The first kappa shape index (κ1) is 13.2. The minimum Gasteiger partial charge on any atom is -0.423 e. The minimum atomic E-state index is -1.55. The normalized spacial score (nSPS) is 9.94. The number of carbonyl (C=O) groups is 1. The Morgan fingerprint density at radius 2 is 2.19 bits per heavy atom. The molecule has 1 aromatic carbocycles. The second kappa shape index (κ2) is 6.68. The van der Waals surface area contributed by atoms with Gasteiger partial charge in [0.15, 0.2) is 0 Å². The molecule has 0 bridgehead atoms. The number of halogens is 1. The molecule has 0 saturated carbocycles. The van der Waals surface area contributed by atoms with Crippen molar-refractivity contribution in [3.63, 3.8) is 0 Å². The zero-order valence-electron chi connectivity index (χ0n) is 8.69. The molecule has 1 rings (SSSR count). The number of amides is 1. The summed E-state index contributed by atoms with van der Waals surface area (Å²) in [4.78, 5) is 11.6. The first-order chi connectivity index (χ1) is 7.65. The van der Waals surface area contributed by atoms with E-state index in [1.54, 1.807) is 18.2 Å². The molecule has 0 unspecified atom stereocenters. The van der Waals surface area contributed by atoms with E-state index in [-0.39, 0.29) is 5.91 Å². The van der Waals surface area contributed by atoms with Crippen molar-refractivity contribution in [1.29, 1.82) is 0 Å². The van der Waals surface area contributed by atoms with Crippen LogP contribution in [0.15, 0.2) is 24.3 Å². The SMILES string of the molecule is O=C(NCCCBr)c1cccc(B(O)O)c1. The van der Waals surface area contributed by atoms with Crippen LogP contribution in [-0.4, -0.2) is 34.9 Å². The number of carbonyl (C=O) groups excluding carboxylic acids is 1. The van der Waals surface area contributed by atoms with Crippen LogP contribution < -0.4 is 10.8 Å². The molecular weight excluding hydrogens is 273 g/mol. The van der Waals surface area contributed by atoms with E-state index in [0.717, 1.165) is 11.8 Å². The molecule has 1 aromatic rings. The van der Waals surface area contributed by atoms with E-state index in [2.05, 4.69) is 21.2 Å². The van der Waals surface area contributed by atoms with Crippen molar-refractivity contribution < 1.29 is 14.8 Å². The Morgan fingerprint density at radius 1 is 1.44 bits per heavy atom. The first-order valence-electron chi connectivity index (χ1n) is 4.95. The fourth-order valence-electron chi connectivity index (χ4n) is 1.21. The summed E-state index contributed by atoms with van der Waals surface area (Å²) in [6.45, 7) is 0.593. The summed E-state index contributed by atoms with van der Waals surface area (Å²) >= 11 is 3.27. The van der Waals surface area contributed by atoms with Gasteiger partial charge in [0, 0.05) is 17.4 Å². The highest BCUT2D eigenvalue weighted by molar-refractivity contribution is 9.09. The predicted molar refractivity (Wildman–Crippen MR) is 67.0 cm³/mol. The lowest BCUT2D eigenvalue weighted by Crippen LogP contribution is -2.32. The molecule has 0 atom stereocenters. The summed E-state index contributed by atoms with van der Waals surface area (Å²) in [5.74, 6) is -0.205. The Bertz CT molecular complexity index is 360. The lowest BCUT2D eigenvalue weighted by atomic mass is 9.79. The summed E-state index contributed by atoms with van der Waals surface area (Å²) in [6.07, 6.45) is 0.855. The Hall–Kier alpha value is -0.845. The van der Waals surface area contributed by atoms with Gasteiger partial charge in [0.05, 0.1) is 0 Å². The number of rotatable bonds is 5. The van der Waals surface area contributed by atoms with Gasteiger partial charge in [0.25, 0.3) is 5.91 Å². The van der Waals surface area contributed by atoms with E-state index >= 15 is 0 Å². The molecule has 0 aliphatic carbocycles. The highest BCUT2D eigenvalue weighted by atomic mass is 79.9. The Balaban J connectivity index is 2.64. The molecule has 0 aliphatic rings. The second-order valence-electron chi connectivity index (χ2n) is 3.30. The monoisotopic (exact) mass is 285 g/mol. The van der Waals surface area contributed by atoms with Gasteiger partial charge in [-0.1, -0.05) is 28.1 Å². The first-order valence-corrected chi connectivity index (χ1v) is 6.07. The van der Waals surface area contributed by atoms with Crippen molar-refractivity contribution in [3.05, 3.63) is 29.8 Å². The maximum atomic E-state index is 11.6. The van der Waals surface area contributed by atoms with Gasteiger partial charge < -0.3 is 15.4 Å². The Kier molecular flexibility index (Phi) is 5.52. The molecule has 4 nitrogen and oxygen atoms in total. The third-order valence-electron chi connectivity index (χ3n) is 2.04. The van der Waals surface area contributed by atoms with E-state index in [1.807, 2.05) is 0 Å². The van der Waals surface area contributed by atoms with Gasteiger partial charge in [-0.05, 0) is 24.0 Å². The second-order valence-corrected chi connectivity index (χ2v) is 4.09. The van der Waals surface area contributed by atoms with Crippen LogP contribution in [-0.2, 0) is 0 Å². The third kappa shape index (κ3) is 3.96. The molecular formula is C10H13BBrNO3. The van der Waals surface area contributed by atoms with Gasteiger partial charge in [-0.2, -0.15) is 0 Å². The number of nitrogens with one attached hydrogen (secondary N) is 1. The molecule has 1 amide bonds. The Morgan fingerprint density at radius 3 is 2.81 bits per heavy atom. The standard InChI is InChI=1S/C10H13BBrNO3/c12-5-2-6-13-10(14)8-3-1-4-9(7-8)11(15)16/h1,3-4,7,15-16H,2,5-6H2,(H,13,14). The molecule has 0 radical (unpaired) electrons. The molecule has 0 aromatic heterocycles. The van der Waals surface area contributed by atoms with Crippen LogP contribution >= 0.6 is 15.9 Å². The number of benzene rings is 1. The zero-order valence-corrected chi connectivity index (χ0v) is 10.3. The summed E-state index contributed by atoms with van der Waals surface area (Å²) < 4.78 is 0. The average molecular weight is 286 g/mol. The maximum Gasteiger partial charge on any atom is 0.488 e. The van der Waals surface area contributed by atoms with Gasteiger partial charge in [-0.25, -0.2) is 0 Å². The molecule has 0 fully saturated rings. The summed E-state index contributed by atoms with van der Waals surface area (Å²) in [5.41, 5.74) is 0.744. The lowest BCUT2D eigenvalue weighted by Gasteiger charge is -2.05. The largest absolute Gasteiger partial charge is 0.488 e. The van der Waals surface area contributed by atoms with Gasteiger partial charge in [0.2, 0.25) is 0 Å². The summed E-state index contributed by atoms with van der Waals surface area (Å²) in [7, 11) is -1.55. The van der Waals surface area contributed by atoms with Gasteiger partial charge in [-0.15, -0.1) is 0 Å². The fraction of sp³-hybridized carbons (Fsp3) is 0.300. The van der Waals surface area contributed by atoms with Crippen LogP contribution in [0.1, 0.15) is 16.8 Å². The maximum absolute atomic E-state index is 11.6. The van der Waals surface area contributed by atoms with Crippen LogP contribution in [0.3, 0.4) is 0 Å². The van der Waals surface area contributed by atoms with Gasteiger partial charge in [0.1, 0.15) is 0 Å². The quantitative estimate of drug-likeness (QED) is 0.401. The summed E-state index contributed by atoms with van der Waals surface area (Å²) in [6, 6.07) is 6.28. The molecule has 0 saturated heterocycles. The molecule has 16 heavy (non-hydrogen) atoms. The van der Waals surface area contributed by atoms with Crippen molar-refractivity contribution >= 4 is 34.4 Å². The van der Waals surface area contributed by atoms with Crippen LogP contribution in [0.5, 0.6) is 0 Å². The molecule has 6 heteroatoms. The highest BCUT2D eigenvalue weighted by Gasteiger charge is 2.13. The molecule has 0 heterocycles. The summed E-state index contributed by atoms with van der Waals surface area (Å²) in [5, 5.41) is 21.5. The molecule has 0 spiro atoms. The van der Waals surface area contributed by atoms with Crippen molar-refractivity contribution in [1.82, 2.24) is 5.32 Å². The smallest absolute Gasteiger partial charge is 0.423 e. The van der Waals surface area contributed by atoms with E-state index in [1.165, 1.54) is 6.07 Å². The molecule has 3 N–H and O–H groups in total. The van der Waals surface area contributed by atoms with E-state index in [9.17, 15) is 4.79 Å². The predicted octanol–water partition coefficient (Wildman–Crippen LogP) is -0.119. The van der Waals surface area contributed by atoms with Crippen molar-refractivity contribution in [2.24, 2.45) is 0 Å². The van der Waals surface area contributed by atoms with Gasteiger partial charge in [-0.3, -0.25) is 4.79 Å². The lowest BCUT2D eigenvalue weighted by molar-refractivity contribution is 0.0954. The van der Waals surface area contributed by atoms with E-state index in [0.29, 0.717) is 17.6 Å². The topological polar surface area (TPSA) is 69.6 Å². The zero-order chi connectivity index (χ0) is 12.0. The van der Waals surface area contributed by atoms with E-state index < -0.39 is 7.12 Å².